The Morgan fingerprint density at radius 1 is 1.06 bits per heavy atom. The molecule has 1 atom stereocenters. The summed E-state index contributed by atoms with van der Waals surface area (Å²) in [5, 5.41) is 4.04. The van der Waals surface area contributed by atoms with Crippen molar-refractivity contribution in [2.45, 2.75) is 52.0 Å². The smallest absolute Gasteiger partial charge is 0.254 e. The Labute approximate surface area is 212 Å². The Bertz CT molecular complexity index is 1250. The van der Waals surface area contributed by atoms with E-state index in [1.54, 1.807) is 13.4 Å². The summed E-state index contributed by atoms with van der Waals surface area (Å²) in [6.45, 7) is 4.66. The van der Waals surface area contributed by atoms with E-state index in [9.17, 15) is 4.79 Å². The van der Waals surface area contributed by atoms with Gasteiger partial charge in [-0.05, 0) is 69.0 Å². The summed E-state index contributed by atoms with van der Waals surface area (Å²) >= 11 is 0. The highest BCUT2D eigenvalue weighted by molar-refractivity contribution is 6.23. The van der Waals surface area contributed by atoms with Gasteiger partial charge in [0.25, 0.3) is 5.91 Å². The van der Waals surface area contributed by atoms with Crippen molar-refractivity contribution in [3.8, 4) is 17.0 Å². The number of anilines is 1. The lowest BCUT2D eigenvalue weighted by atomic mass is 9.78. The summed E-state index contributed by atoms with van der Waals surface area (Å²) in [5.41, 5.74) is 6.44. The SMILES string of the molecule is CC/N=C(\C1=C(C)C(=O)N(c2ccc(-c3ccon3)cc2)C1C1CCCCC1)c1ccc(OC)cc1. The number of methoxy groups -OCH3 is 1. The van der Waals surface area contributed by atoms with E-state index < -0.39 is 0 Å². The van der Waals surface area contributed by atoms with Crippen molar-refractivity contribution in [3.63, 3.8) is 0 Å². The molecule has 2 heterocycles. The Balaban J connectivity index is 1.58. The van der Waals surface area contributed by atoms with Gasteiger partial charge < -0.3 is 14.2 Å². The summed E-state index contributed by atoms with van der Waals surface area (Å²) < 4.78 is 10.4. The molecule has 1 fully saturated rings. The second kappa shape index (κ2) is 10.5. The topological polar surface area (TPSA) is 67.9 Å². The highest BCUT2D eigenvalue weighted by Gasteiger charge is 2.44. The zero-order valence-corrected chi connectivity index (χ0v) is 21.2. The van der Waals surface area contributed by atoms with Crippen molar-refractivity contribution in [2.24, 2.45) is 10.9 Å². The minimum absolute atomic E-state index is 0.0388. The molecule has 1 amide bonds. The monoisotopic (exact) mass is 483 g/mol. The van der Waals surface area contributed by atoms with Crippen LogP contribution in [-0.4, -0.2) is 36.5 Å². The molecule has 1 unspecified atom stereocenters. The number of benzene rings is 2. The Morgan fingerprint density at radius 3 is 2.39 bits per heavy atom. The van der Waals surface area contributed by atoms with Gasteiger partial charge in [0.15, 0.2) is 0 Å². The average Bonchev–Trinajstić information content (AvgIpc) is 3.55. The maximum absolute atomic E-state index is 13.9. The number of nitrogens with zero attached hydrogens (tertiary/aromatic N) is 3. The third-order valence-corrected chi connectivity index (χ3v) is 7.43. The third kappa shape index (κ3) is 4.48. The summed E-state index contributed by atoms with van der Waals surface area (Å²) in [4.78, 5) is 20.9. The summed E-state index contributed by atoms with van der Waals surface area (Å²) in [5.74, 6) is 1.26. The normalized spacial score (nSPS) is 19.3. The summed E-state index contributed by atoms with van der Waals surface area (Å²) in [6.07, 6.45) is 7.46. The molecular formula is C30H33N3O3. The third-order valence-electron chi connectivity index (χ3n) is 7.43. The van der Waals surface area contributed by atoms with Gasteiger partial charge in [0.1, 0.15) is 17.7 Å². The van der Waals surface area contributed by atoms with Crippen LogP contribution in [-0.2, 0) is 4.79 Å². The molecule has 2 aliphatic rings. The van der Waals surface area contributed by atoms with Gasteiger partial charge in [-0.15, -0.1) is 0 Å². The molecule has 6 nitrogen and oxygen atoms in total. The van der Waals surface area contributed by atoms with Crippen LogP contribution in [0.25, 0.3) is 11.3 Å². The number of aromatic nitrogens is 1. The summed E-state index contributed by atoms with van der Waals surface area (Å²) in [6, 6.07) is 17.9. The highest BCUT2D eigenvalue weighted by Crippen LogP contribution is 2.42. The predicted molar refractivity (Wildman–Crippen MR) is 143 cm³/mol. The molecule has 0 radical (unpaired) electrons. The van der Waals surface area contributed by atoms with Gasteiger partial charge in [0.2, 0.25) is 0 Å². The first-order chi connectivity index (χ1) is 17.6. The van der Waals surface area contributed by atoms with Crippen LogP contribution in [0.3, 0.4) is 0 Å². The van der Waals surface area contributed by atoms with Crippen LogP contribution >= 0.6 is 0 Å². The minimum atomic E-state index is -0.0388. The molecule has 0 spiro atoms. The molecule has 186 valence electrons. The molecule has 0 bridgehead atoms. The van der Waals surface area contributed by atoms with Gasteiger partial charge in [-0.3, -0.25) is 9.79 Å². The van der Waals surface area contributed by atoms with Crippen LogP contribution in [0.1, 0.15) is 51.5 Å². The van der Waals surface area contributed by atoms with Gasteiger partial charge >= 0.3 is 0 Å². The van der Waals surface area contributed by atoms with E-state index in [0.717, 1.165) is 58.0 Å². The van der Waals surface area contributed by atoms with Crippen LogP contribution in [0.15, 0.2) is 81.5 Å². The van der Waals surface area contributed by atoms with Crippen molar-refractivity contribution in [1.82, 2.24) is 5.16 Å². The molecule has 6 heteroatoms. The molecule has 1 aliphatic carbocycles. The number of ether oxygens (including phenoxy) is 1. The van der Waals surface area contributed by atoms with E-state index in [2.05, 4.69) is 5.16 Å². The van der Waals surface area contributed by atoms with Crippen LogP contribution in [0.2, 0.25) is 0 Å². The molecule has 2 aromatic carbocycles. The van der Waals surface area contributed by atoms with Crippen molar-refractivity contribution in [3.05, 3.63) is 77.6 Å². The molecule has 0 N–H and O–H groups in total. The number of amides is 1. The van der Waals surface area contributed by atoms with Gasteiger partial charge in [0, 0.05) is 40.6 Å². The number of carbonyl (C=O) groups excluding carboxylic acids is 1. The van der Waals surface area contributed by atoms with Crippen molar-refractivity contribution < 1.29 is 14.1 Å². The van der Waals surface area contributed by atoms with E-state index in [1.807, 2.05) is 73.3 Å². The second-order valence-corrected chi connectivity index (χ2v) is 9.54. The van der Waals surface area contributed by atoms with Crippen molar-refractivity contribution >= 4 is 17.3 Å². The molecule has 1 aliphatic heterocycles. The lowest BCUT2D eigenvalue weighted by molar-refractivity contribution is -0.114. The highest BCUT2D eigenvalue weighted by atomic mass is 16.5. The molecular weight excluding hydrogens is 450 g/mol. The molecule has 36 heavy (non-hydrogen) atoms. The van der Waals surface area contributed by atoms with E-state index >= 15 is 0 Å². The fourth-order valence-corrected chi connectivity index (χ4v) is 5.66. The van der Waals surface area contributed by atoms with E-state index in [-0.39, 0.29) is 11.9 Å². The zero-order valence-electron chi connectivity index (χ0n) is 21.2. The largest absolute Gasteiger partial charge is 0.497 e. The maximum atomic E-state index is 13.9. The standard InChI is InChI=1S/C30H33N3O3/c1-4-31-28(22-12-16-25(35-3)17-13-22)27-20(2)30(34)33(29(27)23-8-6-5-7-9-23)24-14-10-21(11-15-24)26-18-19-36-32-26/h10-19,23,29H,4-9H2,1-3H3/b31-28-. The van der Waals surface area contributed by atoms with Crippen LogP contribution < -0.4 is 9.64 Å². The first-order valence-electron chi connectivity index (χ1n) is 12.9. The molecule has 1 aromatic heterocycles. The molecule has 0 saturated heterocycles. The number of rotatable bonds is 7. The number of hydrogen-bond donors (Lipinski definition) is 0. The lowest BCUT2D eigenvalue weighted by Gasteiger charge is -2.36. The van der Waals surface area contributed by atoms with Gasteiger partial charge in [-0.25, -0.2) is 0 Å². The first kappa shape index (κ1) is 24.0. The first-order valence-corrected chi connectivity index (χ1v) is 12.9. The van der Waals surface area contributed by atoms with Crippen molar-refractivity contribution in [1.29, 1.82) is 0 Å². The molecule has 3 aromatic rings. The lowest BCUT2D eigenvalue weighted by Crippen LogP contribution is -2.43. The van der Waals surface area contributed by atoms with Crippen molar-refractivity contribution in [2.75, 3.05) is 18.6 Å². The zero-order chi connectivity index (χ0) is 25.1. The second-order valence-electron chi connectivity index (χ2n) is 9.54. The Morgan fingerprint density at radius 2 is 1.78 bits per heavy atom. The van der Waals surface area contributed by atoms with Gasteiger partial charge in [-0.2, -0.15) is 0 Å². The fourth-order valence-electron chi connectivity index (χ4n) is 5.66. The van der Waals surface area contributed by atoms with Gasteiger partial charge in [-0.1, -0.05) is 36.6 Å². The van der Waals surface area contributed by atoms with E-state index in [4.69, 9.17) is 14.3 Å². The van der Waals surface area contributed by atoms with E-state index in [0.29, 0.717) is 12.5 Å². The Hall–Kier alpha value is -3.67. The molecule has 5 rings (SSSR count). The predicted octanol–water partition coefficient (Wildman–Crippen LogP) is 6.47. The molecule has 1 saturated carbocycles. The number of aliphatic imine (C=N–C) groups is 1. The Kier molecular flexibility index (Phi) is 7.03. The average molecular weight is 484 g/mol. The van der Waals surface area contributed by atoms with Crippen LogP contribution in [0.4, 0.5) is 5.69 Å². The van der Waals surface area contributed by atoms with E-state index in [1.165, 1.54) is 19.3 Å². The van der Waals surface area contributed by atoms with Crippen LogP contribution in [0.5, 0.6) is 5.75 Å². The van der Waals surface area contributed by atoms with Crippen LogP contribution in [0, 0.1) is 5.92 Å². The minimum Gasteiger partial charge on any atom is -0.497 e. The number of carbonyl (C=O) groups is 1. The summed E-state index contributed by atoms with van der Waals surface area (Å²) in [7, 11) is 1.67. The maximum Gasteiger partial charge on any atom is 0.254 e. The fraction of sp³-hybridized carbons (Fsp3) is 0.367. The number of hydrogen-bond acceptors (Lipinski definition) is 5. The quantitative estimate of drug-likeness (QED) is 0.361. The van der Waals surface area contributed by atoms with Gasteiger partial charge in [0.05, 0.1) is 18.9 Å².